The molecule has 0 amide bonds. The van der Waals surface area contributed by atoms with Crippen LogP contribution in [0, 0.1) is 6.92 Å². The van der Waals surface area contributed by atoms with Crippen molar-refractivity contribution in [3.8, 4) is 5.82 Å². The smallest absolute Gasteiger partial charge is 0.343 e. The summed E-state index contributed by atoms with van der Waals surface area (Å²) in [5.41, 5.74) is 1.23. The van der Waals surface area contributed by atoms with E-state index in [1.807, 2.05) is 6.07 Å². The molecule has 2 aromatic rings. The Hall–Kier alpha value is -2.24. The van der Waals surface area contributed by atoms with Gasteiger partial charge < -0.3 is 4.74 Å². The number of esters is 1. The van der Waals surface area contributed by atoms with Gasteiger partial charge in [0, 0.05) is 12.4 Å². The number of hydrogen-bond acceptors (Lipinski definition) is 5. The van der Waals surface area contributed by atoms with Crippen LogP contribution in [0.5, 0.6) is 0 Å². The van der Waals surface area contributed by atoms with E-state index in [4.69, 9.17) is 4.74 Å². The summed E-state index contributed by atoms with van der Waals surface area (Å²) < 4.78 is 6.31. The van der Waals surface area contributed by atoms with E-state index in [-0.39, 0.29) is 0 Å². The monoisotopic (exact) mass is 260 g/mol. The van der Waals surface area contributed by atoms with Crippen molar-refractivity contribution in [2.24, 2.45) is 0 Å². The third-order valence-electron chi connectivity index (χ3n) is 2.71. The van der Waals surface area contributed by atoms with Crippen LogP contribution in [0.1, 0.15) is 41.6 Å². The molecule has 0 unspecified atom stereocenters. The summed E-state index contributed by atoms with van der Waals surface area (Å²) in [4.78, 5) is 20.0. The van der Waals surface area contributed by atoms with Gasteiger partial charge >= 0.3 is 5.97 Å². The number of aromatic nitrogens is 4. The Morgan fingerprint density at radius 1 is 1.42 bits per heavy atom. The molecule has 2 rings (SSSR count). The highest BCUT2D eigenvalue weighted by Gasteiger charge is 2.17. The van der Waals surface area contributed by atoms with E-state index in [0.717, 1.165) is 5.69 Å². The molecule has 100 valence electrons. The fraction of sp³-hybridized carbons (Fsp3) is 0.385. The van der Waals surface area contributed by atoms with Crippen molar-refractivity contribution in [2.75, 3.05) is 7.11 Å². The van der Waals surface area contributed by atoms with Crippen molar-refractivity contribution in [3.05, 3.63) is 35.5 Å². The van der Waals surface area contributed by atoms with Crippen molar-refractivity contribution >= 4 is 5.97 Å². The molecule has 0 aliphatic rings. The average molecular weight is 260 g/mol. The first-order valence-corrected chi connectivity index (χ1v) is 6.00. The van der Waals surface area contributed by atoms with Gasteiger partial charge in [-0.2, -0.15) is 5.10 Å². The summed E-state index contributed by atoms with van der Waals surface area (Å²) in [5, 5.41) is 4.42. The van der Waals surface area contributed by atoms with Crippen molar-refractivity contribution in [3.63, 3.8) is 0 Å². The second-order valence-corrected chi connectivity index (χ2v) is 4.49. The van der Waals surface area contributed by atoms with E-state index in [9.17, 15) is 4.79 Å². The molecule has 6 heteroatoms. The van der Waals surface area contributed by atoms with Crippen LogP contribution in [-0.2, 0) is 4.74 Å². The van der Waals surface area contributed by atoms with Crippen molar-refractivity contribution < 1.29 is 9.53 Å². The Morgan fingerprint density at radius 2 is 2.16 bits per heavy atom. The van der Waals surface area contributed by atoms with Gasteiger partial charge in [-0.25, -0.2) is 19.4 Å². The topological polar surface area (TPSA) is 69.9 Å². The number of carbonyl (C=O) groups is 1. The van der Waals surface area contributed by atoms with Gasteiger partial charge in [-0.15, -0.1) is 0 Å². The van der Waals surface area contributed by atoms with Crippen LogP contribution in [0.2, 0.25) is 0 Å². The summed E-state index contributed by atoms with van der Waals surface area (Å²) >= 11 is 0. The summed E-state index contributed by atoms with van der Waals surface area (Å²) in [7, 11) is 1.33. The molecule has 0 saturated carbocycles. The van der Waals surface area contributed by atoms with Gasteiger partial charge in [0.05, 0.1) is 12.8 Å². The lowest BCUT2D eigenvalue weighted by Gasteiger charge is -2.07. The van der Waals surface area contributed by atoms with E-state index in [2.05, 4.69) is 28.9 Å². The van der Waals surface area contributed by atoms with E-state index < -0.39 is 5.97 Å². The molecule has 0 fully saturated rings. The molecule has 0 aliphatic heterocycles. The molecule has 6 nitrogen and oxygen atoms in total. The fourth-order valence-electron chi connectivity index (χ4n) is 1.65. The Labute approximate surface area is 111 Å². The quantitative estimate of drug-likeness (QED) is 0.788. The zero-order chi connectivity index (χ0) is 14.0. The molecule has 0 aromatic carbocycles. The predicted molar refractivity (Wildman–Crippen MR) is 69.3 cm³/mol. The SMILES string of the molecule is COC(=O)c1cnc(C)nc1-n1ccc(C(C)C)n1. The second-order valence-electron chi connectivity index (χ2n) is 4.49. The Morgan fingerprint density at radius 3 is 2.74 bits per heavy atom. The van der Waals surface area contributed by atoms with Gasteiger partial charge in [-0.1, -0.05) is 13.8 Å². The first-order chi connectivity index (χ1) is 9.02. The van der Waals surface area contributed by atoms with E-state index >= 15 is 0 Å². The summed E-state index contributed by atoms with van der Waals surface area (Å²) in [5.74, 6) is 0.845. The molecule has 0 saturated heterocycles. The van der Waals surface area contributed by atoms with Crippen LogP contribution in [0.25, 0.3) is 5.82 Å². The van der Waals surface area contributed by atoms with Crippen molar-refractivity contribution in [2.45, 2.75) is 26.7 Å². The van der Waals surface area contributed by atoms with Gasteiger partial charge in [0.1, 0.15) is 11.4 Å². The van der Waals surface area contributed by atoms with Crippen LogP contribution in [0.15, 0.2) is 18.5 Å². The molecule has 0 radical (unpaired) electrons. The fourth-order valence-corrected chi connectivity index (χ4v) is 1.65. The number of rotatable bonds is 3. The first-order valence-electron chi connectivity index (χ1n) is 6.00. The van der Waals surface area contributed by atoms with Crippen LogP contribution in [-0.4, -0.2) is 32.8 Å². The predicted octanol–water partition coefficient (Wildman–Crippen LogP) is 1.88. The molecule has 2 heterocycles. The maximum atomic E-state index is 11.7. The van der Waals surface area contributed by atoms with E-state index in [1.165, 1.54) is 13.3 Å². The maximum absolute atomic E-state index is 11.7. The van der Waals surface area contributed by atoms with Crippen LogP contribution >= 0.6 is 0 Å². The summed E-state index contributed by atoms with van der Waals surface area (Å²) in [6, 6.07) is 1.91. The van der Waals surface area contributed by atoms with Crippen LogP contribution in [0.4, 0.5) is 0 Å². The summed E-state index contributed by atoms with van der Waals surface area (Å²) in [6.45, 7) is 5.87. The van der Waals surface area contributed by atoms with Crippen LogP contribution in [0.3, 0.4) is 0 Å². The highest BCUT2D eigenvalue weighted by atomic mass is 16.5. The molecular formula is C13H16N4O2. The molecule has 0 aliphatic carbocycles. The van der Waals surface area contributed by atoms with Gasteiger partial charge in [0.25, 0.3) is 0 Å². The van der Waals surface area contributed by atoms with Crippen molar-refractivity contribution in [1.29, 1.82) is 0 Å². The average Bonchev–Trinajstić information content (AvgIpc) is 2.87. The number of ether oxygens (including phenoxy) is 1. The number of aryl methyl sites for hydroxylation is 1. The minimum Gasteiger partial charge on any atom is -0.465 e. The Balaban J connectivity index is 2.52. The van der Waals surface area contributed by atoms with Crippen LogP contribution < -0.4 is 0 Å². The first kappa shape index (κ1) is 13.2. The minimum absolute atomic E-state index is 0.298. The number of carbonyl (C=O) groups excluding carboxylic acids is 1. The molecule has 0 N–H and O–H groups in total. The van der Waals surface area contributed by atoms with Gasteiger partial charge in [-0.3, -0.25) is 0 Å². The molecule has 19 heavy (non-hydrogen) atoms. The Kier molecular flexibility index (Phi) is 3.59. The zero-order valence-electron chi connectivity index (χ0n) is 11.4. The van der Waals surface area contributed by atoms with Crippen molar-refractivity contribution in [1.82, 2.24) is 19.7 Å². The summed E-state index contributed by atoms with van der Waals surface area (Å²) in [6.07, 6.45) is 3.24. The maximum Gasteiger partial charge on any atom is 0.343 e. The largest absolute Gasteiger partial charge is 0.465 e. The molecule has 2 aromatic heterocycles. The Bertz CT molecular complexity index is 604. The lowest BCUT2D eigenvalue weighted by atomic mass is 10.1. The lowest BCUT2D eigenvalue weighted by molar-refractivity contribution is 0.0599. The molecular weight excluding hydrogens is 244 g/mol. The van der Waals surface area contributed by atoms with E-state index in [0.29, 0.717) is 23.1 Å². The molecule has 0 bridgehead atoms. The van der Waals surface area contributed by atoms with Gasteiger partial charge in [-0.05, 0) is 18.9 Å². The third-order valence-corrected chi connectivity index (χ3v) is 2.71. The lowest BCUT2D eigenvalue weighted by Crippen LogP contribution is -2.12. The number of nitrogens with zero attached hydrogens (tertiary/aromatic N) is 4. The minimum atomic E-state index is -0.475. The highest BCUT2D eigenvalue weighted by molar-refractivity contribution is 5.92. The number of hydrogen-bond donors (Lipinski definition) is 0. The van der Waals surface area contributed by atoms with Gasteiger partial charge in [0.15, 0.2) is 5.82 Å². The standard InChI is InChI=1S/C13H16N4O2/c1-8(2)11-5-6-17(16-11)12-10(13(18)19-4)7-14-9(3)15-12/h5-8H,1-4H3. The van der Waals surface area contributed by atoms with E-state index in [1.54, 1.807) is 17.8 Å². The normalized spacial score (nSPS) is 10.8. The molecule has 0 spiro atoms. The number of methoxy groups -OCH3 is 1. The second kappa shape index (κ2) is 5.17. The van der Waals surface area contributed by atoms with Gasteiger partial charge in [0.2, 0.25) is 0 Å². The zero-order valence-corrected chi connectivity index (χ0v) is 11.4. The highest BCUT2D eigenvalue weighted by Crippen LogP contribution is 2.16. The third kappa shape index (κ3) is 2.62. The molecule has 0 atom stereocenters.